The van der Waals surface area contributed by atoms with Crippen molar-refractivity contribution in [3.05, 3.63) is 35.9 Å². The molecule has 1 aromatic carbocycles. The van der Waals surface area contributed by atoms with Crippen molar-refractivity contribution in [3.63, 3.8) is 0 Å². The number of ether oxygens (including phenoxy) is 1. The summed E-state index contributed by atoms with van der Waals surface area (Å²) in [5, 5.41) is 0.188. The summed E-state index contributed by atoms with van der Waals surface area (Å²) in [6, 6.07) is 8.09. The Hall–Kier alpha value is -3.07. The van der Waals surface area contributed by atoms with Crippen LogP contribution in [0.25, 0.3) is 11.2 Å². The molecular formula is C22H26ClN7O2. The predicted molar refractivity (Wildman–Crippen MR) is 123 cm³/mol. The van der Waals surface area contributed by atoms with Gasteiger partial charge >= 0.3 is 0 Å². The largest absolute Gasteiger partial charge is 0.497 e. The van der Waals surface area contributed by atoms with E-state index < -0.39 is 0 Å². The van der Waals surface area contributed by atoms with Gasteiger partial charge in [0.2, 0.25) is 11.2 Å². The topological polar surface area (TPSA) is 90.5 Å². The number of fused-ring (bicyclic) bond motifs is 1. The molecule has 2 fully saturated rings. The van der Waals surface area contributed by atoms with Crippen LogP contribution in [0.15, 0.2) is 30.6 Å². The fraction of sp³-hybridized carbons (Fsp3) is 0.455. The number of benzene rings is 1. The highest BCUT2D eigenvalue weighted by molar-refractivity contribution is 6.28. The summed E-state index contributed by atoms with van der Waals surface area (Å²) in [7, 11) is 1.67. The third-order valence-electron chi connectivity index (χ3n) is 6.41. The number of nitrogens with one attached hydrogen (secondary N) is 1. The van der Waals surface area contributed by atoms with Crippen molar-refractivity contribution < 1.29 is 9.53 Å². The van der Waals surface area contributed by atoms with Crippen LogP contribution >= 0.6 is 11.6 Å². The monoisotopic (exact) mass is 455 g/mol. The number of anilines is 2. The number of nitrogens with zero attached hydrogens (tertiary/aromatic N) is 6. The van der Waals surface area contributed by atoms with Crippen LogP contribution in [0.4, 0.5) is 11.5 Å². The third-order valence-corrected chi connectivity index (χ3v) is 6.58. The maximum atomic E-state index is 13.2. The Morgan fingerprint density at radius 2 is 1.75 bits per heavy atom. The molecule has 0 radical (unpaired) electrons. The minimum Gasteiger partial charge on any atom is -0.497 e. The molecule has 0 unspecified atom stereocenters. The van der Waals surface area contributed by atoms with Crippen molar-refractivity contribution in [1.82, 2.24) is 24.8 Å². The molecule has 32 heavy (non-hydrogen) atoms. The van der Waals surface area contributed by atoms with E-state index in [9.17, 15) is 4.79 Å². The third kappa shape index (κ3) is 4.04. The van der Waals surface area contributed by atoms with Gasteiger partial charge in [0, 0.05) is 50.9 Å². The van der Waals surface area contributed by atoms with Gasteiger partial charge in [-0.2, -0.15) is 9.97 Å². The Morgan fingerprint density at radius 3 is 2.44 bits per heavy atom. The summed E-state index contributed by atoms with van der Waals surface area (Å²) in [5.41, 5.74) is 2.52. The number of aromatic amines is 1. The lowest BCUT2D eigenvalue weighted by Gasteiger charge is -2.39. The number of imidazole rings is 1. The van der Waals surface area contributed by atoms with Crippen molar-refractivity contribution >= 4 is 40.2 Å². The van der Waals surface area contributed by atoms with Gasteiger partial charge in [-0.15, -0.1) is 0 Å². The highest BCUT2D eigenvalue weighted by atomic mass is 35.5. The highest BCUT2D eigenvalue weighted by Crippen LogP contribution is 2.29. The van der Waals surface area contributed by atoms with Gasteiger partial charge in [-0.25, -0.2) is 4.98 Å². The van der Waals surface area contributed by atoms with Crippen LogP contribution in [0.1, 0.15) is 12.8 Å². The van der Waals surface area contributed by atoms with Crippen molar-refractivity contribution in [3.8, 4) is 5.75 Å². The second-order valence-corrected chi connectivity index (χ2v) is 8.53. The molecule has 0 spiro atoms. The SMILES string of the molecule is COc1ccc(N2CCN(C(=O)C3CCN(c4nc(Cl)nc5nc[nH]c45)CC3)CC2)cc1. The molecule has 168 valence electrons. The lowest BCUT2D eigenvalue weighted by atomic mass is 9.95. The van der Waals surface area contributed by atoms with E-state index in [1.807, 2.05) is 17.0 Å². The summed E-state index contributed by atoms with van der Waals surface area (Å²) in [6.45, 7) is 4.69. The van der Waals surface area contributed by atoms with E-state index in [1.54, 1.807) is 13.4 Å². The van der Waals surface area contributed by atoms with E-state index in [0.717, 1.165) is 69.2 Å². The zero-order valence-corrected chi connectivity index (χ0v) is 18.8. The number of piperazine rings is 1. The fourth-order valence-corrected chi connectivity index (χ4v) is 4.76. The number of halogens is 1. The van der Waals surface area contributed by atoms with Gasteiger partial charge < -0.3 is 24.4 Å². The number of hydrogen-bond acceptors (Lipinski definition) is 7. The number of rotatable bonds is 4. The summed E-state index contributed by atoms with van der Waals surface area (Å²) in [4.78, 5) is 35.5. The van der Waals surface area contributed by atoms with Gasteiger partial charge in [-0.1, -0.05) is 0 Å². The van der Waals surface area contributed by atoms with Gasteiger partial charge in [0.25, 0.3) is 0 Å². The maximum absolute atomic E-state index is 13.2. The van der Waals surface area contributed by atoms with Gasteiger partial charge in [0.15, 0.2) is 11.5 Å². The normalized spacial score (nSPS) is 17.8. The van der Waals surface area contributed by atoms with Crippen LogP contribution in [-0.2, 0) is 4.79 Å². The van der Waals surface area contributed by atoms with Crippen molar-refractivity contribution in [2.24, 2.45) is 5.92 Å². The molecule has 1 amide bonds. The van der Waals surface area contributed by atoms with E-state index in [0.29, 0.717) is 5.65 Å². The van der Waals surface area contributed by atoms with E-state index in [1.165, 1.54) is 5.69 Å². The van der Waals surface area contributed by atoms with Gasteiger partial charge in [-0.05, 0) is 48.7 Å². The van der Waals surface area contributed by atoms with Crippen LogP contribution in [-0.4, -0.2) is 77.1 Å². The van der Waals surface area contributed by atoms with Crippen molar-refractivity contribution in [2.45, 2.75) is 12.8 Å². The molecule has 2 aromatic heterocycles. The zero-order chi connectivity index (χ0) is 22.1. The number of piperidine rings is 1. The van der Waals surface area contributed by atoms with Gasteiger partial charge in [-0.3, -0.25) is 4.79 Å². The first-order valence-corrected chi connectivity index (χ1v) is 11.3. The molecule has 10 heteroatoms. The number of carbonyl (C=O) groups is 1. The fourth-order valence-electron chi connectivity index (χ4n) is 4.60. The molecule has 2 saturated heterocycles. The second kappa shape index (κ2) is 8.82. The minimum absolute atomic E-state index is 0.0494. The van der Waals surface area contributed by atoms with Crippen LogP contribution in [0.3, 0.4) is 0 Å². The lowest BCUT2D eigenvalue weighted by molar-refractivity contribution is -0.136. The molecule has 5 rings (SSSR count). The highest BCUT2D eigenvalue weighted by Gasteiger charge is 2.31. The average Bonchev–Trinajstić information content (AvgIpc) is 3.32. The first-order valence-electron chi connectivity index (χ1n) is 10.9. The first kappa shape index (κ1) is 20.8. The number of aromatic nitrogens is 4. The molecule has 2 aliphatic heterocycles. The zero-order valence-electron chi connectivity index (χ0n) is 18.0. The summed E-state index contributed by atoms with van der Waals surface area (Å²) in [5.74, 6) is 1.93. The summed E-state index contributed by atoms with van der Waals surface area (Å²) in [6.07, 6.45) is 3.20. The van der Waals surface area contributed by atoms with E-state index in [2.05, 4.69) is 41.9 Å². The molecule has 2 aliphatic rings. The van der Waals surface area contributed by atoms with Gasteiger partial charge in [0.1, 0.15) is 11.3 Å². The first-order chi connectivity index (χ1) is 15.6. The Morgan fingerprint density at radius 1 is 1.03 bits per heavy atom. The average molecular weight is 456 g/mol. The van der Waals surface area contributed by atoms with Crippen LogP contribution in [0, 0.1) is 5.92 Å². The standard InChI is InChI=1S/C22H26ClN7O2/c1-32-17-4-2-16(3-5-17)28-10-12-30(13-11-28)21(31)15-6-8-29(9-7-15)20-18-19(25-14-24-18)26-22(23)27-20/h2-5,14-15H,6-13H2,1H3,(H,24,25,26,27). The number of amides is 1. The second-order valence-electron chi connectivity index (χ2n) is 8.19. The van der Waals surface area contributed by atoms with Gasteiger partial charge in [0.05, 0.1) is 13.4 Å². The van der Waals surface area contributed by atoms with E-state index in [-0.39, 0.29) is 17.1 Å². The molecule has 0 atom stereocenters. The maximum Gasteiger partial charge on any atom is 0.226 e. The predicted octanol–water partition coefficient (Wildman–Crippen LogP) is 2.58. The van der Waals surface area contributed by atoms with Crippen molar-refractivity contribution in [1.29, 1.82) is 0 Å². The quantitative estimate of drug-likeness (QED) is 0.604. The molecule has 0 saturated carbocycles. The summed E-state index contributed by atoms with van der Waals surface area (Å²) < 4.78 is 5.24. The minimum atomic E-state index is 0.0494. The van der Waals surface area contributed by atoms with Crippen LogP contribution < -0.4 is 14.5 Å². The summed E-state index contributed by atoms with van der Waals surface area (Å²) >= 11 is 6.08. The Labute approximate surface area is 191 Å². The number of hydrogen-bond donors (Lipinski definition) is 1. The smallest absolute Gasteiger partial charge is 0.226 e. The molecule has 0 aliphatic carbocycles. The Balaban J connectivity index is 1.17. The molecule has 9 nitrogen and oxygen atoms in total. The number of H-pyrrole nitrogens is 1. The van der Waals surface area contributed by atoms with E-state index in [4.69, 9.17) is 16.3 Å². The van der Waals surface area contributed by atoms with E-state index >= 15 is 0 Å². The number of methoxy groups -OCH3 is 1. The lowest BCUT2D eigenvalue weighted by Crippen LogP contribution is -2.51. The molecule has 4 heterocycles. The van der Waals surface area contributed by atoms with Crippen LogP contribution in [0.2, 0.25) is 5.28 Å². The number of carbonyl (C=O) groups excluding carboxylic acids is 1. The molecule has 0 bridgehead atoms. The van der Waals surface area contributed by atoms with Crippen LogP contribution in [0.5, 0.6) is 5.75 Å². The molecule has 1 N–H and O–H groups in total. The molecular weight excluding hydrogens is 430 g/mol. The van der Waals surface area contributed by atoms with Crippen molar-refractivity contribution in [2.75, 3.05) is 56.2 Å². The Kier molecular flexibility index (Phi) is 5.73. The Bertz CT molecular complexity index is 1090. The molecule has 3 aromatic rings.